The summed E-state index contributed by atoms with van der Waals surface area (Å²) in [5.41, 5.74) is 1.91. The number of aryl methyl sites for hydroxylation is 2. The largest absolute Gasteiger partial charge is 0.497 e. The molecule has 9 nitrogen and oxygen atoms in total. The number of hydrogen-bond acceptors (Lipinski definition) is 7. The lowest BCUT2D eigenvalue weighted by Crippen LogP contribution is -2.49. The summed E-state index contributed by atoms with van der Waals surface area (Å²) in [6, 6.07) is 7.24. The van der Waals surface area contributed by atoms with E-state index in [2.05, 4.69) is 15.2 Å². The van der Waals surface area contributed by atoms with Crippen LogP contribution in [0.25, 0.3) is 11.3 Å². The number of amides is 1. The first-order valence-electron chi connectivity index (χ1n) is 8.86. The SMILES string of the molecule is COc1ccc(OC)c(-c2cc(C(=O)N3CC(c4nc(C)no4)C3)n(C)n2)c1. The van der Waals surface area contributed by atoms with Crippen molar-refractivity contribution in [3.05, 3.63) is 41.7 Å². The zero-order valence-electron chi connectivity index (χ0n) is 16.2. The van der Waals surface area contributed by atoms with E-state index in [9.17, 15) is 4.79 Å². The molecule has 4 rings (SSSR count). The molecule has 1 fully saturated rings. The Hall–Kier alpha value is -3.36. The van der Waals surface area contributed by atoms with Crippen LogP contribution in [0.15, 0.2) is 28.8 Å². The van der Waals surface area contributed by atoms with Crippen LogP contribution in [-0.4, -0.2) is 58.0 Å². The topological polar surface area (TPSA) is 95.5 Å². The molecular weight excluding hydrogens is 362 g/mol. The van der Waals surface area contributed by atoms with Gasteiger partial charge in [0.2, 0.25) is 5.89 Å². The molecule has 146 valence electrons. The Kier molecular flexibility index (Phi) is 4.50. The first-order valence-corrected chi connectivity index (χ1v) is 8.86. The highest BCUT2D eigenvalue weighted by molar-refractivity contribution is 5.94. The van der Waals surface area contributed by atoms with Crippen LogP contribution in [0.2, 0.25) is 0 Å². The van der Waals surface area contributed by atoms with Crippen LogP contribution in [0.4, 0.5) is 0 Å². The molecule has 1 saturated heterocycles. The Morgan fingerprint density at radius 2 is 2.00 bits per heavy atom. The molecule has 0 radical (unpaired) electrons. The van der Waals surface area contributed by atoms with Crippen LogP contribution in [0.1, 0.15) is 28.1 Å². The van der Waals surface area contributed by atoms with Gasteiger partial charge in [0.05, 0.1) is 25.8 Å². The third kappa shape index (κ3) is 3.08. The van der Waals surface area contributed by atoms with Crippen molar-refractivity contribution in [3.63, 3.8) is 0 Å². The van der Waals surface area contributed by atoms with Crippen molar-refractivity contribution >= 4 is 5.91 Å². The number of rotatable bonds is 5. The van der Waals surface area contributed by atoms with Crippen LogP contribution in [0.3, 0.4) is 0 Å². The zero-order valence-corrected chi connectivity index (χ0v) is 16.2. The number of carbonyl (C=O) groups is 1. The molecule has 1 amide bonds. The van der Waals surface area contributed by atoms with Crippen molar-refractivity contribution in [2.24, 2.45) is 7.05 Å². The maximum atomic E-state index is 12.9. The minimum Gasteiger partial charge on any atom is -0.497 e. The minimum absolute atomic E-state index is 0.0799. The monoisotopic (exact) mass is 383 g/mol. The summed E-state index contributed by atoms with van der Waals surface area (Å²) in [5, 5.41) is 8.30. The second-order valence-corrected chi connectivity index (χ2v) is 6.69. The predicted molar refractivity (Wildman–Crippen MR) is 99.4 cm³/mol. The molecule has 1 aromatic carbocycles. The smallest absolute Gasteiger partial charge is 0.272 e. The van der Waals surface area contributed by atoms with Gasteiger partial charge in [0, 0.05) is 25.7 Å². The normalized spacial score (nSPS) is 14.1. The quantitative estimate of drug-likeness (QED) is 0.665. The molecule has 0 aliphatic carbocycles. The average molecular weight is 383 g/mol. The molecule has 1 aliphatic rings. The second-order valence-electron chi connectivity index (χ2n) is 6.69. The van der Waals surface area contributed by atoms with E-state index < -0.39 is 0 Å². The molecule has 0 atom stereocenters. The number of carbonyl (C=O) groups excluding carboxylic acids is 1. The van der Waals surface area contributed by atoms with Gasteiger partial charge in [-0.3, -0.25) is 9.48 Å². The third-order valence-corrected chi connectivity index (χ3v) is 4.84. The Morgan fingerprint density at radius 1 is 1.21 bits per heavy atom. The summed E-state index contributed by atoms with van der Waals surface area (Å²) >= 11 is 0. The molecular formula is C19H21N5O4. The average Bonchev–Trinajstić information content (AvgIpc) is 3.25. The zero-order chi connectivity index (χ0) is 19.8. The molecule has 1 aliphatic heterocycles. The van der Waals surface area contributed by atoms with Crippen LogP contribution >= 0.6 is 0 Å². The van der Waals surface area contributed by atoms with Crippen molar-refractivity contribution in [2.45, 2.75) is 12.8 Å². The molecule has 0 saturated carbocycles. The number of nitrogens with zero attached hydrogens (tertiary/aromatic N) is 5. The number of methoxy groups -OCH3 is 2. The van der Waals surface area contributed by atoms with Gasteiger partial charge in [-0.05, 0) is 31.2 Å². The molecule has 9 heteroatoms. The van der Waals surface area contributed by atoms with Gasteiger partial charge < -0.3 is 18.9 Å². The van der Waals surface area contributed by atoms with Crippen molar-refractivity contribution in [1.29, 1.82) is 0 Å². The lowest BCUT2D eigenvalue weighted by molar-refractivity contribution is 0.0558. The second kappa shape index (κ2) is 6.99. The highest BCUT2D eigenvalue weighted by Crippen LogP contribution is 2.34. The molecule has 2 aromatic heterocycles. The van der Waals surface area contributed by atoms with Crippen molar-refractivity contribution < 1.29 is 18.8 Å². The Balaban J connectivity index is 1.55. The summed E-state index contributed by atoms with van der Waals surface area (Å²) in [6.07, 6.45) is 0. The Labute approximate surface area is 161 Å². The number of likely N-dealkylation sites (tertiary alicyclic amines) is 1. The first-order chi connectivity index (χ1) is 13.5. The van der Waals surface area contributed by atoms with Gasteiger partial charge in [0.25, 0.3) is 5.91 Å². The molecule has 28 heavy (non-hydrogen) atoms. The van der Waals surface area contributed by atoms with Crippen molar-refractivity contribution in [1.82, 2.24) is 24.8 Å². The van der Waals surface area contributed by atoms with E-state index in [1.165, 1.54) is 0 Å². The highest BCUT2D eigenvalue weighted by Gasteiger charge is 2.37. The van der Waals surface area contributed by atoms with Crippen LogP contribution in [-0.2, 0) is 7.05 Å². The summed E-state index contributed by atoms with van der Waals surface area (Å²) in [5.74, 6) is 2.52. The summed E-state index contributed by atoms with van der Waals surface area (Å²) < 4.78 is 17.5. The minimum atomic E-state index is -0.0874. The van der Waals surface area contributed by atoms with Crippen LogP contribution < -0.4 is 9.47 Å². The van der Waals surface area contributed by atoms with Gasteiger partial charge in [0.15, 0.2) is 5.82 Å². The number of ether oxygens (including phenoxy) is 2. The van der Waals surface area contributed by atoms with Gasteiger partial charge in [-0.1, -0.05) is 5.16 Å². The van der Waals surface area contributed by atoms with E-state index in [1.807, 2.05) is 18.2 Å². The first kappa shape index (κ1) is 18.0. The molecule has 3 heterocycles. The van der Waals surface area contributed by atoms with Gasteiger partial charge in [0.1, 0.15) is 17.2 Å². The Morgan fingerprint density at radius 3 is 2.64 bits per heavy atom. The maximum absolute atomic E-state index is 12.9. The molecule has 0 unspecified atom stereocenters. The van der Waals surface area contributed by atoms with E-state index in [0.717, 1.165) is 5.56 Å². The fourth-order valence-corrected chi connectivity index (χ4v) is 3.25. The summed E-state index contributed by atoms with van der Waals surface area (Å²) in [4.78, 5) is 18.9. The van der Waals surface area contributed by atoms with Crippen molar-refractivity contribution in [2.75, 3.05) is 27.3 Å². The molecule has 3 aromatic rings. The maximum Gasteiger partial charge on any atom is 0.272 e. The number of hydrogen-bond donors (Lipinski definition) is 0. The van der Waals surface area contributed by atoms with E-state index in [1.54, 1.807) is 43.8 Å². The standard InChI is InChI=1S/C19H21N5O4/c1-11-20-18(28-22-11)12-9-24(10-12)19(25)16-8-15(21-23(16)2)14-7-13(26-3)5-6-17(14)27-4/h5-8,12H,9-10H2,1-4H3. The number of aromatic nitrogens is 4. The van der Waals surface area contributed by atoms with Gasteiger partial charge >= 0.3 is 0 Å². The lowest BCUT2D eigenvalue weighted by Gasteiger charge is -2.36. The van der Waals surface area contributed by atoms with Gasteiger partial charge in [-0.25, -0.2) is 0 Å². The van der Waals surface area contributed by atoms with E-state index >= 15 is 0 Å². The van der Waals surface area contributed by atoms with E-state index in [0.29, 0.717) is 47.7 Å². The Bertz CT molecular complexity index is 1020. The summed E-state index contributed by atoms with van der Waals surface area (Å²) in [7, 11) is 4.95. The highest BCUT2D eigenvalue weighted by atomic mass is 16.5. The summed E-state index contributed by atoms with van der Waals surface area (Å²) in [6.45, 7) is 2.87. The number of benzene rings is 1. The van der Waals surface area contributed by atoms with Crippen LogP contribution in [0.5, 0.6) is 11.5 Å². The van der Waals surface area contributed by atoms with Crippen LogP contribution in [0, 0.1) is 6.92 Å². The fraction of sp³-hybridized carbons (Fsp3) is 0.368. The lowest BCUT2D eigenvalue weighted by atomic mass is 9.99. The molecule has 0 spiro atoms. The van der Waals surface area contributed by atoms with Gasteiger partial charge in [-0.2, -0.15) is 10.1 Å². The molecule has 0 bridgehead atoms. The van der Waals surface area contributed by atoms with E-state index in [4.69, 9.17) is 14.0 Å². The molecule has 0 N–H and O–H groups in total. The van der Waals surface area contributed by atoms with Crippen molar-refractivity contribution in [3.8, 4) is 22.8 Å². The van der Waals surface area contributed by atoms with Gasteiger partial charge in [-0.15, -0.1) is 0 Å². The van der Waals surface area contributed by atoms with E-state index in [-0.39, 0.29) is 11.8 Å². The predicted octanol–water partition coefficient (Wildman–Crippen LogP) is 2.04. The third-order valence-electron chi connectivity index (χ3n) is 4.84. The fourth-order valence-electron chi connectivity index (χ4n) is 3.25.